The number of hydrogen-bond donors (Lipinski definition) is 2. The maximum absolute atomic E-state index is 12.4. The highest BCUT2D eigenvalue weighted by atomic mass is 16.5. The first-order valence-corrected chi connectivity index (χ1v) is 7.93. The third-order valence-electron chi connectivity index (χ3n) is 4.04. The molecule has 6 nitrogen and oxygen atoms in total. The molecular weight excluding hydrogens is 294 g/mol. The lowest BCUT2D eigenvalue weighted by atomic mass is 9.97. The summed E-state index contributed by atoms with van der Waals surface area (Å²) < 4.78 is 10.5. The molecule has 3 rings (SSSR count). The van der Waals surface area contributed by atoms with Crippen LogP contribution in [-0.2, 0) is 0 Å². The lowest BCUT2D eigenvalue weighted by Crippen LogP contribution is -2.25. The predicted octanol–water partition coefficient (Wildman–Crippen LogP) is 3.45. The van der Waals surface area contributed by atoms with Crippen LogP contribution in [0.2, 0.25) is 0 Å². The molecule has 2 aromatic rings. The van der Waals surface area contributed by atoms with Crippen LogP contribution in [0.5, 0.6) is 0 Å². The Hall–Kier alpha value is -2.50. The quantitative estimate of drug-likeness (QED) is 0.824. The molecular formula is C17H21N3O3. The Morgan fingerprint density at radius 3 is 2.96 bits per heavy atom. The molecule has 0 radical (unpaired) electrons. The molecule has 23 heavy (non-hydrogen) atoms. The van der Waals surface area contributed by atoms with E-state index in [1.807, 2.05) is 6.92 Å². The minimum Gasteiger partial charge on any atom is -0.460 e. The summed E-state index contributed by atoms with van der Waals surface area (Å²) >= 11 is 0. The molecule has 1 aliphatic rings. The maximum atomic E-state index is 12.4. The second-order valence-electron chi connectivity index (χ2n) is 5.79. The van der Waals surface area contributed by atoms with Crippen LogP contribution in [0.1, 0.15) is 48.2 Å². The fourth-order valence-corrected chi connectivity index (χ4v) is 2.81. The molecule has 0 bridgehead atoms. The first-order chi connectivity index (χ1) is 11.1. The Labute approximate surface area is 134 Å². The van der Waals surface area contributed by atoms with E-state index < -0.39 is 0 Å². The van der Waals surface area contributed by atoms with Crippen LogP contribution < -0.4 is 11.1 Å². The van der Waals surface area contributed by atoms with Crippen molar-refractivity contribution in [3.63, 3.8) is 0 Å². The molecule has 2 aromatic heterocycles. The average molecular weight is 315 g/mol. The summed E-state index contributed by atoms with van der Waals surface area (Å²) in [6.45, 7) is 2.40. The van der Waals surface area contributed by atoms with Gasteiger partial charge in [0.2, 0.25) is 5.88 Å². The van der Waals surface area contributed by atoms with Gasteiger partial charge in [-0.2, -0.15) is 0 Å². The van der Waals surface area contributed by atoms with E-state index in [-0.39, 0.29) is 17.4 Å². The minimum absolute atomic E-state index is 0.00318. The van der Waals surface area contributed by atoms with Crippen molar-refractivity contribution >= 4 is 11.8 Å². The molecule has 0 saturated heterocycles. The van der Waals surface area contributed by atoms with Crippen molar-refractivity contribution in [2.75, 3.05) is 12.3 Å². The van der Waals surface area contributed by atoms with Gasteiger partial charge in [0.05, 0.1) is 0 Å². The number of nitrogen functional groups attached to an aromatic ring is 1. The summed E-state index contributed by atoms with van der Waals surface area (Å²) in [5, 5.41) is 6.74. The van der Waals surface area contributed by atoms with E-state index in [4.69, 9.17) is 14.7 Å². The zero-order chi connectivity index (χ0) is 16.2. The molecule has 0 atom stereocenters. The Kier molecular flexibility index (Phi) is 4.50. The van der Waals surface area contributed by atoms with Crippen LogP contribution in [0.15, 0.2) is 32.7 Å². The smallest absolute Gasteiger partial charge is 0.259 e. The van der Waals surface area contributed by atoms with Crippen molar-refractivity contribution in [3.05, 3.63) is 35.1 Å². The molecule has 6 heteroatoms. The number of furan rings is 1. The summed E-state index contributed by atoms with van der Waals surface area (Å²) in [6.07, 6.45) is 7.91. The second kappa shape index (κ2) is 6.73. The van der Waals surface area contributed by atoms with Gasteiger partial charge in [-0.1, -0.05) is 16.8 Å². The van der Waals surface area contributed by atoms with Crippen LogP contribution in [0.3, 0.4) is 0 Å². The van der Waals surface area contributed by atoms with Crippen molar-refractivity contribution in [2.24, 2.45) is 0 Å². The summed E-state index contributed by atoms with van der Waals surface area (Å²) in [5.74, 6) is 0.924. The van der Waals surface area contributed by atoms with E-state index in [0.29, 0.717) is 18.0 Å². The third-order valence-corrected chi connectivity index (χ3v) is 4.04. The van der Waals surface area contributed by atoms with Gasteiger partial charge in [-0.3, -0.25) is 4.79 Å². The number of nitrogens with zero attached hydrogens (tertiary/aromatic N) is 1. The number of aryl methyl sites for hydroxylation is 1. The highest BCUT2D eigenvalue weighted by molar-refractivity contribution is 6.03. The normalized spacial score (nSPS) is 14.6. The largest absolute Gasteiger partial charge is 0.460 e. The van der Waals surface area contributed by atoms with E-state index in [2.05, 4.69) is 16.5 Å². The van der Waals surface area contributed by atoms with Gasteiger partial charge >= 0.3 is 0 Å². The molecule has 122 valence electrons. The maximum Gasteiger partial charge on any atom is 0.259 e. The molecule has 1 amide bonds. The number of hydrogen-bond acceptors (Lipinski definition) is 5. The van der Waals surface area contributed by atoms with Crippen molar-refractivity contribution in [2.45, 2.75) is 39.0 Å². The lowest BCUT2D eigenvalue weighted by Gasteiger charge is -2.12. The van der Waals surface area contributed by atoms with Gasteiger partial charge in [-0.05, 0) is 51.2 Å². The molecule has 2 heterocycles. The molecule has 0 fully saturated rings. The second-order valence-corrected chi connectivity index (χ2v) is 5.79. The summed E-state index contributed by atoms with van der Waals surface area (Å²) in [5.41, 5.74) is 7.74. The van der Waals surface area contributed by atoms with Gasteiger partial charge < -0.3 is 20.0 Å². The summed E-state index contributed by atoms with van der Waals surface area (Å²) in [4.78, 5) is 12.4. The zero-order valence-electron chi connectivity index (χ0n) is 13.2. The van der Waals surface area contributed by atoms with Crippen LogP contribution in [0.4, 0.5) is 5.88 Å². The summed E-state index contributed by atoms with van der Waals surface area (Å²) in [6, 6.07) is 3.55. The third kappa shape index (κ3) is 3.47. The Balaban J connectivity index is 1.67. The van der Waals surface area contributed by atoms with Gasteiger partial charge in [0.1, 0.15) is 11.3 Å². The lowest BCUT2D eigenvalue weighted by molar-refractivity contribution is 0.0955. The minimum atomic E-state index is -0.288. The Bertz CT molecular complexity index is 727. The Morgan fingerprint density at radius 2 is 2.26 bits per heavy atom. The average Bonchev–Trinajstić information content (AvgIpc) is 3.14. The molecule has 1 aliphatic carbocycles. The standard InChI is InChI=1S/C17H21N3O3/c1-11-7-8-13(22-11)15-14(16(18)23-20-15)17(21)19-10-9-12-5-3-2-4-6-12/h5,7-8H,2-4,6,9-10,18H2,1H3,(H,19,21). The van der Waals surface area contributed by atoms with Crippen molar-refractivity contribution in [3.8, 4) is 11.5 Å². The fourth-order valence-electron chi connectivity index (χ4n) is 2.81. The van der Waals surface area contributed by atoms with Gasteiger partial charge in [0.25, 0.3) is 5.91 Å². The molecule has 0 unspecified atom stereocenters. The van der Waals surface area contributed by atoms with Crippen LogP contribution in [-0.4, -0.2) is 17.6 Å². The molecule has 0 spiro atoms. The predicted molar refractivity (Wildman–Crippen MR) is 86.9 cm³/mol. The van der Waals surface area contributed by atoms with Crippen molar-refractivity contribution in [1.82, 2.24) is 10.5 Å². The van der Waals surface area contributed by atoms with Gasteiger partial charge in [-0.25, -0.2) is 0 Å². The van der Waals surface area contributed by atoms with Gasteiger partial charge in [0, 0.05) is 6.54 Å². The number of nitrogens with two attached hydrogens (primary N) is 1. The van der Waals surface area contributed by atoms with E-state index in [1.165, 1.54) is 18.4 Å². The van der Waals surface area contributed by atoms with E-state index >= 15 is 0 Å². The SMILES string of the molecule is Cc1ccc(-c2noc(N)c2C(=O)NCCC2=CCCCC2)o1. The van der Waals surface area contributed by atoms with Gasteiger partial charge in [-0.15, -0.1) is 0 Å². The number of carbonyl (C=O) groups excluding carboxylic acids is 1. The number of carbonyl (C=O) groups is 1. The van der Waals surface area contributed by atoms with E-state index in [0.717, 1.165) is 25.0 Å². The van der Waals surface area contributed by atoms with Crippen molar-refractivity contribution < 1.29 is 13.7 Å². The number of anilines is 1. The van der Waals surface area contributed by atoms with Crippen LogP contribution in [0.25, 0.3) is 11.5 Å². The Morgan fingerprint density at radius 1 is 1.39 bits per heavy atom. The number of amides is 1. The highest BCUT2D eigenvalue weighted by Gasteiger charge is 2.24. The van der Waals surface area contributed by atoms with Gasteiger partial charge in [0.15, 0.2) is 11.5 Å². The molecule has 0 saturated carbocycles. The number of aromatic nitrogens is 1. The van der Waals surface area contributed by atoms with Crippen molar-refractivity contribution in [1.29, 1.82) is 0 Å². The fraction of sp³-hybridized carbons (Fsp3) is 0.412. The van der Waals surface area contributed by atoms with E-state index in [9.17, 15) is 4.79 Å². The monoisotopic (exact) mass is 315 g/mol. The highest BCUT2D eigenvalue weighted by Crippen LogP contribution is 2.28. The topological polar surface area (TPSA) is 94.3 Å². The molecule has 3 N–H and O–H groups in total. The molecule has 0 aliphatic heterocycles. The zero-order valence-corrected chi connectivity index (χ0v) is 13.2. The number of rotatable bonds is 5. The van der Waals surface area contributed by atoms with E-state index in [1.54, 1.807) is 12.1 Å². The summed E-state index contributed by atoms with van der Waals surface area (Å²) in [7, 11) is 0. The molecule has 0 aromatic carbocycles. The number of allylic oxidation sites excluding steroid dienone is 1. The number of nitrogens with one attached hydrogen (secondary N) is 1. The van der Waals surface area contributed by atoms with Crippen LogP contribution in [0, 0.1) is 6.92 Å². The first-order valence-electron chi connectivity index (χ1n) is 7.93. The first kappa shape index (κ1) is 15.4. The van der Waals surface area contributed by atoms with Crippen LogP contribution >= 0.6 is 0 Å².